The van der Waals surface area contributed by atoms with Gasteiger partial charge in [-0.05, 0) is 17.7 Å². The fourth-order valence-electron chi connectivity index (χ4n) is 1.33. The Kier molecular flexibility index (Phi) is 3.41. The molecule has 0 aliphatic heterocycles. The van der Waals surface area contributed by atoms with E-state index >= 15 is 0 Å². The lowest BCUT2D eigenvalue weighted by atomic mass is 10.1. The van der Waals surface area contributed by atoms with E-state index in [9.17, 15) is 18.0 Å². The molecule has 0 fully saturated rings. The molecule has 1 rings (SSSR count). The molecule has 0 aliphatic carbocycles. The number of rotatable bonds is 3. The Labute approximate surface area is 89.9 Å². The molecular formula is C10H10F3NO2. The van der Waals surface area contributed by atoms with Gasteiger partial charge in [-0.2, -0.15) is 13.2 Å². The van der Waals surface area contributed by atoms with Gasteiger partial charge < -0.3 is 10.4 Å². The third kappa shape index (κ3) is 2.88. The van der Waals surface area contributed by atoms with Gasteiger partial charge >= 0.3 is 12.1 Å². The van der Waals surface area contributed by atoms with Gasteiger partial charge in [-0.15, -0.1) is 0 Å². The molecule has 1 aromatic rings. The standard InChI is InChI=1S/C10H10F3NO2/c1-14-8-3-2-6(5-9(15)16)4-7(8)10(11,12)13/h2-4,14H,5H2,1H3,(H,15,16). The minimum absolute atomic E-state index is 0.0679. The highest BCUT2D eigenvalue weighted by Crippen LogP contribution is 2.35. The first-order chi connectivity index (χ1) is 7.34. The predicted octanol–water partition coefficient (Wildman–Crippen LogP) is 2.37. The Balaban J connectivity index is 3.16. The van der Waals surface area contributed by atoms with Crippen molar-refractivity contribution in [2.24, 2.45) is 0 Å². The number of carbonyl (C=O) groups is 1. The molecule has 2 N–H and O–H groups in total. The average molecular weight is 233 g/mol. The van der Waals surface area contributed by atoms with E-state index in [4.69, 9.17) is 5.11 Å². The predicted molar refractivity (Wildman–Crippen MR) is 52.3 cm³/mol. The second kappa shape index (κ2) is 4.42. The van der Waals surface area contributed by atoms with Crippen LogP contribution in [0.2, 0.25) is 0 Å². The first-order valence-electron chi connectivity index (χ1n) is 4.44. The summed E-state index contributed by atoms with van der Waals surface area (Å²) in [4.78, 5) is 10.4. The van der Waals surface area contributed by atoms with E-state index < -0.39 is 24.1 Å². The Bertz CT molecular complexity index is 402. The maximum Gasteiger partial charge on any atom is 0.418 e. The molecule has 0 bridgehead atoms. The Hall–Kier alpha value is -1.72. The van der Waals surface area contributed by atoms with Gasteiger partial charge in [-0.25, -0.2) is 0 Å². The molecule has 0 saturated heterocycles. The van der Waals surface area contributed by atoms with E-state index in [1.165, 1.54) is 19.2 Å². The van der Waals surface area contributed by atoms with Crippen LogP contribution < -0.4 is 5.32 Å². The Morgan fingerprint density at radius 2 is 2.06 bits per heavy atom. The zero-order valence-electron chi connectivity index (χ0n) is 8.43. The van der Waals surface area contributed by atoms with Crippen LogP contribution in [0.4, 0.5) is 18.9 Å². The van der Waals surface area contributed by atoms with E-state index in [2.05, 4.69) is 5.32 Å². The van der Waals surface area contributed by atoms with Gasteiger partial charge in [-0.3, -0.25) is 4.79 Å². The number of alkyl halides is 3. The monoisotopic (exact) mass is 233 g/mol. The van der Waals surface area contributed by atoms with Crippen molar-refractivity contribution in [3.8, 4) is 0 Å². The summed E-state index contributed by atoms with van der Waals surface area (Å²) in [5, 5.41) is 10.9. The van der Waals surface area contributed by atoms with Gasteiger partial charge in [0, 0.05) is 12.7 Å². The van der Waals surface area contributed by atoms with Crippen molar-refractivity contribution in [2.75, 3.05) is 12.4 Å². The van der Waals surface area contributed by atoms with E-state index in [0.29, 0.717) is 0 Å². The lowest BCUT2D eigenvalue weighted by molar-refractivity contribution is -0.138. The second-order valence-corrected chi connectivity index (χ2v) is 3.20. The van der Waals surface area contributed by atoms with E-state index in [-0.39, 0.29) is 11.3 Å². The Morgan fingerprint density at radius 3 is 2.50 bits per heavy atom. The molecule has 0 radical (unpaired) electrons. The first-order valence-corrected chi connectivity index (χ1v) is 4.44. The largest absolute Gasteiger partial charge is 0.481 e. The van der Waals surface area contributed by atoms with E-state index in [0.717, 1.165) is 6.07 Å². The third-order valence-corrected chi connectivity index (χ3v) is 2.01. The van der Waals surface area contributed by atoms with Crippen molar-refractivity contribution in [1.29, 1.82) is 0 Å². The summed E-state index contributed by atoms with van der Waals surface area (Å²) in [6, 6.07) is 3.43. The van der Waals surface area contributed by atoms with Crippen molar-refractivity contribution in [1.82, 2.24) is 0 Å². The molecule has 0 heterocycles. The summed E-state index contributed by atoms with van der Waals surface area (Å²) in [5.74, 6) is -1.16. The smallest absolute Gasteiger partial charge is 0.418 e. The maximum atomic E-state index is 12.6. The molecular weight excluding hydrogens is 223 g/mol. The van der Waals surface area contributed by atoms with Crippen LogP contribution in [0.3, 0.4) is 0 Å². The first kappa shape index (κ1) is 12.4. The summed E-state index contributed by atoms with van der Waals surface area (Å²) in [6.07, 6.45) is -4.92. The minimum Gasteiger partial charge on any atom is -0.481 e. The number of anilines is 1. The summed E-state index contributed by atoms with van der Waals surface area (Å²) in [5.41, 5.74) is -0.797. The molecule has 0 unspecified atom stereocenters. The number of carboxylic acids is 1. The van der Waals surface area contributed by atoms with Crippen LogP contribution in [0.1, 0.15) is 11.1 Å². The van der Waals surface area contributed by atoms with Crippen LogP contribution >= 0.6 is 0 Å². The molecule has 1 aromatic carbocycles. The van der Waals surface area contributed by atoms with Gasteiger partial charge in [-0.1, -0.05) is 6.07 Å². The number of hydrogen-bond acceptors (Lipinski definition) is 2. The summed E-state index contributed by atoms with van der Waals surface area (Å²) >= 11 is 0. The highest BCUT2D eigenvalue weighted by Gasteiger charge is 2.33. The van der Waals surface area contributed by atoms with Gasteiger partial charge in [0.1, 0.15) is 0 Å². The van der Waals surface area contributed by atoms with Crippen LogP contribution in [0.5, 0.6) is 0 Å². The van der Waals surface area contributed by atoms with Crippen molar-refractivity contribution >= 4 is 11.7 Å². The fraction of sp³-hybridized carbons (Fsp3) is 0.300. The number of halogens is 3. The van der Waals surface area contributed by atoms with Crippen LogP contribution in [-0.2, 0) is 17.4 Å². The molecule has 0 spiro atoms. The number of hydrogen-bond donors (Lipinski definition) is 2. The van der Waals surface area contributed by atoms with Crippen LogP contribution in [0.25, 0.3) is 0 Å². The number of benzene rings is 1. The summed E-state index contributed by atoms with van der Waals surface area (Å²) in [7, 11) is 1.38. The quantitative estimate of drug-likeness (QED) is 0.842. The number of carboxylic acid groups (broad SMARTS) is 1. The van der Waals surface area contributed by atoms with Crippen LogP contribution in [-0.4, -0.2) is 18.1 Å². The Morgan fingerprint density at radius 1 is 1.44 bits per heavy atom. The number of aliphatic carboxylic acids is 1. The zero-order valence-corrected chi connectivity index (χ0v) is 8.43. The van der Waals surface area contributed by atoms with Crippen molar-refractivity contribution < 1.29 is 23.1 Å². The highest BCUT2D eigenvalue weighted by atomic mass is 19.4. The van der Waals surface area contributed by atoms with Gasteiger partial charge in [0.2, 0.25) is 0 Å². The number of nitrogens with one attached hydrogen (secondary N) is 1. The molecule has 0 aromatic heterocycles. The molecule has 0 saturated carbocycles. The van der Waals surface area contributed by atoms with E-state index in [1.54, 1.807) is 0 Å². The zero-order chi connectivity index (χ0) is 12.3. The van der Waals surface area contributed by atoms with Crippen molar-refractivity contribution in [3.05, 3.63) is 29.3 Å². The van der Waals surface area contributed by atoms with Gasteiger partial charge in [0.25, 0.3) is 0 Å². The van der Waals surface area contributed by atoms with Crippen LogP contribution in [0.15, 0.2) is 18.2 Å². The molecule has 3 nitrogen and oxygen atoms in total. The second-order valence-electron chi connectivity index (χ2n) is 3.20. The van der Waals surface area contributed by atoms with Crippen molar-refractivity contribution in [3.63, 3.8) is 0 Å². The SMILES string of the molecule is CNc1ccc(CC(=O)O)cc1C(F)(F)F. The topological polar surface area (TPSA) is 49.3 Å². The molecule has 0 aliphatic rings. The molecule has 16 heavy (non-hydrogen) atoms. The molecule has 0 atom stereocenters. The maximum absolute atomic E-state index is 12.6. The summed E-state index contributed by atoms with van der Waals surface area (Å²) < 4.78 is 37.7. The van der Waals surface area contributed by atoms with Crippen molar-refractivity contribution in [2.45, 2.75) is 12.6 Å². The van der Waals surface area contributed by atoms with E-state index in [1.807, 2.05) is 0 Å². The summed E-state index contributed by atoms with van der Waals surface area (Å²) in [6.45, 7) is 0. The highest BCUT2D eigenvalue weighted by molar-refractivity contribution is 5.71. The average Bonchev–Trinajstić information content (AvgIpc) is 2.15. The fourth-order valence-corrected chi connectivity index (χ4v) is 1.33. The molecule has 0 amide bonds. The normalized spacial score (nSPS) is 11.2. The lowest BCUT2D eigenvalue weighted by Crippen LogP contribution is -2.10. The molecule has 88 valence electrons. The minimum atomic E-state index is -4.49. The molecule has 6 heteroatoms. The van der Waals surface area contributed by atoms with Crippen LogP contribution in [0, 0.1) is 0 Å². The van der Waals surface area contributed by atoms with Gasteiger partial charge in [0.15, 0.2) is 0 Å². The lowest BCUT2D eigenvalue weighted by Gasteiger charge is -2.13. The van der Waals surface area contributed by atoms with Gasteiger partial charge in [0.05, 0.1) is 12.0 Å². The third-order valence-electron chi connectivity index (χ3n) is 2.01.